The topological polar surface area (TPSA) is 134 Å². The van der Waals surface area contributed by atoms with Gasteiger partial charge < -0.3 is 9.84 Å². The molecule has 12 heteroatoms. The Morgan fingerprint density at radius 1 is 1.27 bits per heavy atom. The number of tetrazole rings is 1. The largest absolute Gasteiger partial charge is 0.462 e. The lowest BCUT2D eigenvalue weighted by Gasteiger charge is -2.10. The van der Waals surface area contributed by atoms with Crippen molar-refractivity contribution in [2.24, 2.45) is 7.05 Å². The molecule has 3 aromatic rings. The first-order valence-electron chi connectivity index (χ1n) is 8.98. The molecule has 0 aliphatic rings. The smallest absolute Gasteiger partial charge is 0.345 e. The number of aliphatic hydroxyl groups excluding tert-OH is 1. The molecular weight excluding hydrogens is 416 g/mol. The highest BCUT2D eigenvalue weighted by atomic mass is 35.5. The van der Waals surface area contributed by atoms with Gasteiger partial charge in [-0.2, -0.15) is 4.80 Å². The Morgan fingerprint density at radius 3 is 2.63 bits per heavy atom. The maximum absolute atomic E-state index is 12.4. The van der Waals surface area contributed by atoms with Crippen LogP contribution in [0.5, 0.6) is 0 Å². The van der Waals surface area contributed by atoms with E-state index in [1.807, 2.05) is 0 Å². The molecule has 0 amide bonds. The van der Waals surface area contributed by atoms with Gasteiger partial charge in [0.25, 0.3) is 5.56 Å². The highest BCUT2D eigenvalue weighted by molar-refractivity contribution is 6.30. The normalized spacial score (nSPS) is 12.0. The van der Waals surface area contributed by atoms with E-state index in [1.54, 1.807) is 31.2 Å². The van der Waals surface area contributed by atoms with E-state index in [9.17, 15) is 19.5 Å². The standard InChI is InChI=1S/C18H19ClN6O5/c1-3-30-17(28)13-8-24(18(29)23(2)16(13)27)10-15-20-22-25(21-15)9-14(26)11-4-6-12(19)7-5-11/h4-8,14,26H,3,9-10H2,1-2H3. The summed E-state index contributed by atoms with van der Waals surface area (Å²) in [6, 6.07) is 6.69. The molecule has 0 aliphatic heterocycles. The molecule has 11 nitrogen and oxygen atoms in total. The number of hydrogen-bond donors (Lipinski definition) is 1. The van der Waals surface area contributed by atoms with Crippen LogP contribution in [-0.2, 0) is 24.9 Å². The number of hydrogen-bond acceptors (Lipinski definition) is 8. The summed E-state index contributed by atoms with van der Waals surface area (Å²) in [5, 5.41) is 22.7. The summed E-state index contributed by atoms with van der Waals surface area (Å²) in [6.07, 6.45) is 0.228. The number of benzene rings is 1. The number of carbonyl (C=O) groups is 1. The molecule has 0 saturated heterocycles. The molecule has 0 radical (unpaired) electrons. The van der Waals surface area contributed by atoms with Crippen molar-refractivity contribution in [3.63, 3.8) is 0 Å². The maximum Gasteiger partial charge on any atom is 0.345 e. The van der Waals surface area contributed by atoms with Gasteiger partial charge in [0.1, 0.15) is 11.7 Å². The quantitative estimate of drug-likeness (QED) is 0.519. The van der Waals surface area contributed by atoms with Crippen molar-refractivity contribution in [3.8, 4) is 0 Å². The maximum atomic E-state index is 12.4. The number of ether oxygens (including phenoxy) is 1. The van der Waals surface area contributed by atoms with Crippen molar-refractivity contribution in [2.75, 3.05) is 6.61 Å². The Labute approximate surface area is 175 Å². The second-order valence-electron chi connectivity index (χ2n) is 6.37. The van der Waals surface area contributed by atoms with Gasteiger partial charge in [0, 0.05) is 18.3 Å². The second kappa shape index (κ2) is 9.01. The van der Waals surface area contributed by atoms with Gasteiger partial charge in [0.15, 0.2) is 5.82 Å². The van der Waals surface area contributed by atoms with Gasteiger partial charge in [0.2, 0.25) is 0 Å². The van der Waals surface area contributed by atoms with Crippen LogP contribution in [-0.4, -0.2) is 47.0 Å². The van der Waals surface area contributed by atoms with E-state index in [0.717, 1.165) is 15.3 Å². The summed E-state index contributed by atoms with van der Waals surface area (Å²) in [6.45, 7) is 1.60. The third kappa shape index (κ3) is 4.63. The van der Waals surface area contributed by atoms with Gasteiger partial charge in [-0.1, -0.05) is 23.7 Å². The molecule has 0 fully saturated rings. The molecule has 1 unspecified atom stereocenters. The Morgan fingerprint density at radius 2 is 1.97 bits per heavy atom. The molecule has 1 N–H and O–H groups in total. The lowest BCUT2D eigenvalue weighted by Crippen LogP contribution is -2.41. The second-order valence-corrected chi connectivity index (χ2v) is 6.80. The van der Waals surface area contributed by atoms with Crippen LogP contribution in [0.2, 0.25) is 5.02 Å². The van der Waals surface area contributed by atoms with Crippen LogP contribution in [0.1, 0.15) is 34.8 Å². The van der Waals surface area contributed by atoms with Crippen molar-refractivity contribution in [1.29, 1.82) is 0 Å². The van der Waals surface area contributed by atoms with Gasteiger partial charge in [0.05, 0.1) is 19.7 Å². The van der Waals surface area contributed by atoms with Crippen molar-refractivity contribution in [2.45, 2.75) is 26.1 Å². The van der Waals surface area contributed by atoms with Crippen LogP contribution in [0.3, 0.4) is 0 Å². The molecule has 0 spiro atoms. The molecule has 2 heterocycles. The monoisotopic (exact) mass is 434 g/mol. The zero-order valence-corrected chi connectivity index (χ0v) is 17.0. The molecule has 0 bridgehead atoms. The molecule has 2 aromatic heterocycles. The summed E-state index contributed by atoms with van der Waals surface area (Å²) >= 11 is 5.84. The zero-order chi connectivity index (χ0) is 21.8. The van der Waals surface area contributed by atoms with Crippen molar-refractivity contribution in [3.05, 3.63) is 73.3 Å². The van der Waals surface area contributed by atoms with Gasteiger partial charge in [-0.05, 0) is 29.8 Å². The van der Waals surface area contributed by atoms with E-state index >= 15 is 0 Å². The van der Waals surface area contributed by atoms with Crippen LogP contribution < -0.4 is 11.2 Å². The molecule has 1 aromatic carbocycles. The predicted octanol–water partition coefficient (Wildman–Crippen LogP) is 0.145. The third-order valence-electron chi connectivity index (χ3n) is 4.24. The molecule has 30 heavy (non-hydrogen) atoms. The van der Waals surface area contributed by atoms with E-state index in [1.165, 1.54) is 11.8 Å². The Balaban J connectivity index is 1.80. The van der Waals surface area contributed by atoms with Gasteiger partial charge in [-0.3, -0.25) is 13.9 Å². The number of aromatic nitrogens is 6. The Bertz CT molecular complexity index is 1170. The van der Waals surface area contributed by atoms with Gasteiger partial charge in [-0.25, -0.2) is 9.59 Å². The summed E-state index contributed by atoms with van der Waals surface area (Å²) in [4.78, 5) is 37.7. The Hall–Kier alpha value is -3.31. The van der Waals surface area contributed by atoms with Crippen LogP contribution in [0.15, 0.2) is 40.1 Å². The lowest BCUT2D eigenvalue weighted by atomic mass is 10.1. The fourth-order valence-electron chi connectivity index (χ4n) is 2.70. The summed E-state index contributed by atoms with van der Waals surface area (Å²) < 4.78 is 6.78. The fourth-order valence-corrected chi connectivity index (χ4v) is 2.83. The third-order valence-corrected chi connectivity index (χ3v) is 4.50. The van der Waals surface area contributed by atoms with E-state index in [4.69, 9.17) is 16.3 Å². The van der Waals surface area contributed by atoms with Crippen molar-refractivity contribution in [1.82, 2.24) is 29.3 Å². The average Bonchev–Trinajstić information content (AvgIpc) is 3.15. The molecule has 0 saturated carbocycles. The van der Waals surface area contributed by atoms with Crippen molar-refractivity contribution < 1.29 is 14.6 Å². The highest BCUT2D eigenvalue weighted by Crippen LogP contribution is 2.17. The summed E-state index contributed by atoms with van der Waals surface area (Å²) in [7, 11) is 1.26. The average molecular weight is 435 g/mol. The number of halogens is 1. The SMILES string of the molecule is CCOC(=O)c1cn(Cc2nnn(CC(O)c3ccc(Cl)cc3)n2)c(=O)n(C)c1=O. The predicted molar refractivity (Wildman–Crippen MR) is 105 cm³/mol. The lowest BCUT2D eigenvalue weighted by molar-refractivity contribution is 0.0522. The number of carbonyl (C=O) groups excluding carboxylic acids is 1. The molecule has 158 valence electrons. The molecule has 0 aliphatic carbocycles. The minimum Gasteiger partial charge on any atom is -0.462 e. The number of nitrogens with zero attached hydrogens (tertiary/aromatic N) is 6. The van der Waals surface area contributed by atoms with E-state index in [2.05, 4.69) is 15.4 Å². The fraction of sp³-hybridized carbons (Fsp3) is 0.333. The van der Waals surface area contributed by atoms with Gasteiger partial charge in [-0.15, -0.1) is 10.2 Å². The first-order valence-corrected chi connectivity index (χ1v) is 9.35. The highest BCUT2D eigenvalue weighted by Gasteiger charge is 2.18. The minimum absolute atomic E-state index is 0.0326. The van der Waals surface area contributed by atoms with Crippen LogP contribution in [0, 0.1) is 0 Å². The van der Waals surface area contributed by atoms with Crippen LogP contribution in [0.4, 0.5) is 0 Å². The molecule has 3 rings (SSSR count). The Kier molecular flexibility index (Phi) is 6.43. The van der Waals surface area contributed by atoms with Crippen LogP contribution in [0.25, 0.3) is 0 Å². The first kappa shape index (κ1) is 21.4. The van der Waals surface area contributed by atoms with Crippen LogP contribution >= 0.6 is 11.6 Å². The van der Waals surface area contributed by atoms with Gasteiger partial charge >= 0.3 is 11.7 Å². The minimum atomic E-state index is -0.889. The number of esters is 1. The zero-order valence-electron chi connectivity index (χ0n) is 16.2. The van der Waals surface area contributed by atoms with E-state index in [0.29, 0.717) is 10.6 Å². The first-order chi connectivity index (χ1) is 14.3. The molecular formula is C18H19ClN6O5. The summed E-state index contributed by atoms with van der Waals surface area (Å²) in [5.41, 5.74) is -1.04. The molecule has 1 atom stereocenters. The van der Waals surface area contributed by atoms with E-state index in [-0.39, 0.29) is 31.1 Å². The summed E-state index contributed by atoms with van der Waals surface area (Å²) in [5.74, 6) is -0.664. The van der Waals surface area contributed by atoms with E-state index < -0.39 is 23.3 Å². The van der Waals surface area contributed by atoms with Crippen molar-refractivity contribution >= 4 is 17.6 Å². The number of rotatable bonds is 7. The number of aliphatic hydroxyl groups is 1.